The third-order valence-corrected chi connectivity index (χ3v) is 4.72. The molecule has 1 aromatic carbocycles. The van der Waals surface area contributed by atoms with Crippen LogP contribution in [0.25, 0.3) is 0 Å². The van der Waals surface area contributed by atoms with Gasteiger partial charge in [0.1, 0.15) is 0 Å². The van der Waals surface area contributed by atoms with Crippen molar-refractivity contribution in [2.24, 2.45) is 0 Å². The Morgan fingerprint density at radius 1 is 1.41 bits per heavy atom. The van der Waals surface area contributed by atoms with Crippen molar-refractivity contribution in [2.45, 2.75) is 25.2 Å². The number of nitrogens with two attached hydrogens (primary N) is 1. The van der Waals surface area contributed by atoms with Crippen LogP contribution in [-0.4, -0.2) is 4.98 Å². The minimum atomic E-state index is 0.611. The number of benzene rings is 1. The van der Waals surface area contributed by atoms with Crippen LogP contribution in [0.1, 0.15) is 28.5 Å². The number of nitrogens with zero attached hydrogens (tertiary/aromatic N) is 1. The van der Waals surface area contributed by atoms with Gasteiger partial charge in [0, 0.05) is 9.35 Å². The normalized spacial score (nSPS) is 19.0. The fraction of sp³-hybridized carbons (Fsp3) is 0.308. The molecule has 1 aliphatic carbocycles. The third-order valence-electron chi connectivity index (χ3n) is 3.28. The molecule has 0 aliphatic heterocycles. The van der Waals surface area contributed by atoms with E-state index in [1.54, 1.807) is 11.3 Å². The van der Waals surface area contributed by atoms with Crippen molar-refractivity contribution >= 4 is 32.4 Å². The third kappa shape index (κ3) is 2.24. The topological polar surface area (TPSA) is 38.9 Å². The summed E-state index contributed by atoms with van der Waals surface area (Å²) in [5.74, 6) is 0.611. The Balaban J connectivity index is 1.88. The van der Waals surface area contributed by atoms with Gasteiger partial charge in [0.15, 0.2) is 5.13 Å². The zero-order valence-corrected chi connectivity index (χ0v) is 11.7. The summed E-state index contributed by atoms with van der Waals surface area (Å²) in [6.07, 6.45) is 3.31. The lowest BCUT2D eigenvalue weighted by molar-refractivity contribution is 0.584. The maximum Gasteiger partial charge on any atom is 0.180 e. The first-order chi connectivity index (χ1) is 8.22. The Morgan fingerprint density at radius 3 is 3.12 bits per heavy atom. The molecule has 2 nitrogen and oxygen atoms in total. The van der Waals surface area contributed by atoms with Crippen LogP contribution in [0.3, 0.4) is 0 Å². The average molecular weight is 309 g/mol. The lowest BCUT2D eigenvalue weighted by Crippen LogP contribution is -2.11. The fourth-order valence-corrected chi connectivity index (χ4v) is 3.82. The van der Waals surface area contributed by atoms with Gasteiger partial charge in [-0.3, -0.25) is 0 Å². The van der Waals surface area contributed by atoms with Crippen molar-refractivity contribution in [1.29, 1.82) is 0 Å². The number of rotatable bonds is 1. The summed E-state index contributed by atoms with van der Waals surface area (Å²) in [5, 5.41) is 0.713. The molecule has 88 valence electrons. The molecule has 1 aromatic heterocycles. The highest BCUT2D eigenvalue weighted by Crippen LogP contribution is 2.36. The molecule has 2 N–H and O–H groups in total. The van der Waals surface area contributed by atoms with Crippen LogP contribution in [0.5, 0.6) is 0 Å². The maximum absolute atomic E-state index is 5.77. The summed E-state index contributed by atoms with van der Waals surface area (Å²) in [6.45, 7) is 0. The van der Waals surface area contributed by atoms with Gasteiger partial charge >= 0.3 is 0 Å². The summed E-state index contributed by atoms with van der Waals surface area (Å²) in [6, 6.07) is 8.61. The molecule has 17 heavy (non-hydrogen) atoms. The molecule has 0 fully saturated rings. The maximum atomic E-state index is 5.77. The van der Waals surface area contributed by atoms with Crippen molar-refractivity contribution in [3.05, 3.63) is 44.9 Å². The van der Waals surface area contributed by atoms with Gasteiger partial charge in [-0.1, -0.05) is 28.1 Å². The first-order valence-electron chi connectivity index (χ1n) is 5.72. The quantitative estimate of drug-likeness (QED) is 0.871. The van der Waals surface area contributed by atoms with E-state index in [-0.39, 0.29) is 0 Å². The van der Waals surface area contributed by atoms with E-state index in [1.807, 2.05) is 0 Å². The van der Waals surface area contributed by atoms with Gasteiger partial charge in [-0.25, -0.2) is 4.98 Å². The summed E-state index contributed by atoms with van der Waals surface area (Å²) in [5.41, 5.74) is 8.40. The summed E-state index contributed by atoms with van der Waals surface area (Å²) >= 11 is 5.18. The van der Waals surface area contributed by atoms with E-state index in [1.165, 1.54) is 22.6 Å². The summed E-state index contributed by atoms with van der Waals surface area (Å²) in [7, 11) is 0. The second-order valence-corrected chi connectivity index (χ2v) is 6.45. The Kier molecular flexibility index (Phi) is 2.92. The van der Waals surface area contributed by atoms with E-state index in [2.05, 4.69) is 45.2 Å². The Morgan fingerprint density at radius 2 is 2.29 bits per heavy atom. The van der Waals surface area contributed by atoms with Gasteiger partial charge in [0.25, 0.3) is 0 Å². The van der Waals surface area contributed by atoms with Gasteiger partial charge in [-0.15, -0.1) is 11.3 Å². The summed E-state index contributed by atoms with van der Waals surface area (Å²) < 4.78 is 1.16. The van der Waals surface area contributed by atoms with E-state index in [4.69, 9.17) is 5.73 Å². The molecule has 2 aromatic rings. The molecule has 1 aliphatic rings. The molecule has 0 spiro atoms. The molecule has 0 amide bonds. The first kappa shape index (κ1) is 11.2. The van der Waals surface area contributed by atoms with Crippen LogP contribution in [0.15, 0.2) is 28.7 Å². The van der Waals surface area contributed by atoms with Crippen molar-refractivity contribution in [3.63, 3.8) is 0 Å². The van der Waals surface area contributed by atoms with E-state index in [0.717, 1.165) is 17.3 Å². The van der Waals surface area contributed by atoms with Crippen molar-refractivity contribution < 1.29 is 0 Å². The number of halogens is 1. The largest absolute Gasteiger partial charge is 0.375 e. The minimum Gasteiger partial charge on any atom is -0.375 e. The van der Waals surface area contributed by atoms with Crippen molar-refractivity contribution in [1.82, 2.24) is 4.98 Å². The van der Waals surface area contributed by atoms with Gasteiger partial charge in [-0.2, -0.15) is 0 Å². The Bertz CT molecular complexity index is 550. The fourth-order valence-electron chi connectivity index (χ4n) is 2.44. The summed E-state index contributed by atoms with van der Waals surface area (Å²) in [4.78, 5) is 5.76. The zero-order valence-electron chi connectivity index (χ0n) is 9.32. The molecule has 0 bridgehead atoms. The molecule has 1 atom stereocenters. The Labute approximate surface area is 113 Å². The lowest BCUT2D eigenvalue weighted by Gasteiger charge is -2.21. The van der Waals surface area contributed by atoms with Gasteiger partial charge in [-0.05, 0) is 42.9 Å². The number of thiazole rings is 1. The number of aryl methyl sites for hydroxylation is 1. The second kappa shape index (κ2) is 4.42. The smallest absolute Gasteiger partial charge is 0.180 e. The zero-order chi connectivity index (χ0) is 11.8. The van der Waals surface area contributed by atoms with Gasteiger partial charge in [0.05, 0.1) is 5.69 Å². The molecule has 3 rings (SSSR count). The Hall–Kier alpha value is -0.870. The number of fused-ring (bicyclic) bond motifs is 1. The lowest BCUT2D eigenvalue weighted by atomic mass is 9.85. The minimum absolute atomic E-state index is 0.611. The van der Waals surface area contributed by atoms with Gasteiger partial charge in [0.2, 0.25) is 0 Å². The number of hydrogen-bond donors (Lipinski definition) is 1. The highest BCUT2D eigenvalue weighted by atomic mass is 79.9. The predicted molar refractivity (Wildman–Crippen MR) is 75.4 cm³/mol. The van der Waals surface area contributed by atoms with Crippen LogP contribution in [0.4, 0.5) is 5.13 Å². The van der Waals surface area contributed by atoms with Crippen LogP contribution in [0.2, 0.25) is 0 Å². The highest BCUT2D eigenvalue weighted by Gasteiger charge is 2.23. The van der Waals surface area contributed by atoms with E-state index in [0.29, 0.717) is 11.0 Å². The molecule has 0 radical (unpaired) electrons. The predicted octanol–water partition coefficient (Wildman–Crippen LogP) is 3.76. The number of hydrogen-bond acceptors (Lipinski definition) is 3. The van der Waals surface area contributed by atoms with Gasteiger partial charge < -0.3 is 5.73 Å². The molecule has 1 unspecified atom stereocenters. The van der Waals surface area contributed by atoms with E-state index in [9.17, 15) is 0 Å². The first-order valence-corrected chi connectivity index (χ1v) is 7.33. The molecule has 0 saturated carbocycles. The second-order valence-electron chi connectivity index (χ2n) is 4.42. The van der Waals surface area contributed by atoms with E-state index >= 15 is 0 Å². The van der Waals surface area contributed by atoms with E-state index < -0.39 is 0 Å². The average Bonchev–Trinajstić information content (AvgIpc) is 2.68. The standard InChI is InChI=1S/C13H13BrN2S/c14-10-3-1-2-8(6-10)9-4-5-11-12(7-9)17-13(15)16-11/h1-3,6,9H,4-5,7H2,(H2,15,16). The van der Waals surface area contributed by atoms with Crippen molar-refractivity contribution in [2.75, 3.05) is 5.73 Å². The van der Waals surface area contributed by atoms with Crippen LogP contribution >= 0.6 is 27.3 Å². The monoisotopic (exact) mass is 308 g/mol. The molecular formula is C13H13BrN2S. The molecular weight excluding hydrogens is 296 g/mol. The molecule has 1 heterocycles. The highest BCUT2D eigenvalue weighted by molar-refractivity contribution is 9.10. The van der Waals surface area contributed by atoms with Crippen LogP contribution in [-0.2, 0) is 12.8 Å². The van der Waals surface area contributed by atoms with Crippen LogP contribution < -0.4 is 5.73 Å². The molecule has 0 saturated heterocycles. The van der Waals surface area contributed by atoms with Crippen molar-refractivity contribution in [3.8, 4) is 0 Å². The molecule has 4 heteroatoms. The number of aromatic nitrogens is 1. The SMILES string of the molecule is Nc1nc2c(s1)CC(c1cccc(Br)c1)CC2. The van der Waals surface area contributed by atoms with Crippen LogP contribution in [0, 0.1) is 0 Å². The number of anilines is 1. The number of nitrogen functional groups attached to an aromatic ring is 1.